The van der Waals surface area contributed by atoms with Crippen molar-refractivity contribution in [1.29, 1.82) is 0 Å². The van der Waals surface area contributed by atoms with Gasteiger partial charge in [-0.3, -0.25) is 4.79 Å². The van der Waals surface area contributed by atoms with Gasteiger partial charge in [-0.25, -0.2) is 0 Å². The molecule has 0 aromatic heterocycles. The predicted octanol–water partition coefficient (Wildman–Crippen LogP) is 0.454. The van der Waals surface area contributed by atoms with Crippen molar-refractivity contribution in [2.24, 2.45) is 0 Å². The minimum absolute atomic E-state index is 0.0255. The summed E-state index contributed by atoms with van der Waals surface area (Å²) in [5, 5.41) is 2.72. The summed E-state index contributed by atoms with van der Waals surface area (Å²) in [7, 11) is 0. The third kappa shape index (κ3) is 1.19. The SMILES string of the molecule is C#CC(=C)C1CCC(=O)N1. The molecule has 1 amide bonds. The van der Waals surface area contributed by atoms with Gasteiger partial charge in [0.05, 0.1) is 6.04 Å². The molecule has 2 heteroatoms. The van der Waals surface area contributed by atoms with Crippen LogP contribution in [-0.4, -0.2) is 11.9 Å². The monoisotopic (exact) mass is 135 g/mol. The maximum absolute atomic E-state index is 10.7. The fourth-order valence-electron chi connectivity index (χ4n) is 0.976. The Labute approximate surface area is 60.3 Å². The Bertz CT molecular complexity index is 212. The number of rotatable bonds is 1. The molecule has 0 spiro atoms. The number of hydrogen-bond donors (Lipinski definition) is 1. The van der Waals surface area contributed by atoms with Gasteiger partial charge in [0.15, 0.2) is 0 Å². The molecule has 0 aliphatic carbocycles. The zero-order valence-corrected chi connectivity index (χ0v) is 5.68. The highest BCUT2D eigenvalue weighted by molar-refractivity contribution is 5.79. The van der Waals surface area contributed by atoms with Crippen molar-refractivity contribution >= 4 is 5.91 Å². The second-order valence-corrected chi connectivity index (χ2v) is 2.33. The van der Waals surface area contributed by atoms with Crippen molar-refractivity contribution in [2.45, 2.75) is 18.9 Å². The highest BCUT2D eigenvalue weighted by Crippen LogP contribution is 2.12. The lowest BCUT2D eigenvalue weighted by Gasteiger charge is -2.05. The summed E-state index contributed by atoms with van der Waals surface area (Å²) in [6, 6.07) is 0.0255. The van der Waals surface area contributed by atoms with Gasteiger partial charge in [-0.15, -0.1) is 6.42 Å². The van der Waals surface area contributed by atoms with E-state index in [1.807, 2.05) is 0 Å². The Morgan fingerprint density at radius 1 is 1.90 bits per heavy atom. The zero-order valence-electron chi connectivity index (χ0n) is 5.68. The van der Waals surface area contributed by atoms with Crippen LogP contribution in [0.4, 0.5) is 0 Å². The molecule has 1 aliphatic heterocycles. The highest BCUT2D eigenvalue weighted by Gasteiger charge is 2.21. The number of carbonyl (C=O) groups excluding carboxylic acids is 1. The van der Waals surface area contributed by atoms with Crippen LogP contribution in [0.3, 0.4) is 0 Å². The van der Waals surface area contributed by atoms with Gasteiger partial charge in [-0.2, -0.15) is 0 Å². The van der Waals surface area contributed by atoms with Crippen LogP contribution in [0.1, 0.15) is 12.8 Å². The third-order valence-electron chi connectivity index (χ3n) is 1.60. The Hall–Kier alpha value is -1.23. The van der Waals surface area contributed by atoms with E-state index >= 15 is 0 Å². The van der Waals surface area contributed by atoms with Gasteiger partial charge in [0, 0.05) is 12.0 Å². The molecule has 1 heterocycles. The van der Waals surface area contributed by atoms with Crippen molar-refractivity contribution in [2.75, 3.05) is 0 Å². The van der Waals surface area contributed by atoms with E-state index in [0.717, 1.165) is 6.42 Å². The van der Waals surface area contributed by atoms with Gasteiger partial charge < -0.3 is 5.32 Å². The summed E-state index contributed by atoms with van der Waals surface area (Å²) >= 11 is 0. The molecule has 1 N–H and O–H groups in total. The van der Waals surface area contributed by atoms with E-state index in [-0.39, 0.29) is 11.9 Å². The number of carbonyl (C=O) groups is 1. The molecule has 1 atom stereocenters. The van der Waals surface area contributed by atoms with Gasteiger partial charge in [-0.1, -0.05) is 12.5 Å². The number of hydrogen-bond acceptors (Lipinski definition) is 1. The van der Waals surface area contributed by atoms with E-state index in [4.69, 9.17) is 6.42 Å². The maximum atomic E-state index is 10.7. The van der Waals surface area contributed by atoms with Crippen LogP contribution in [0, 0.1) is 12.3 Å². The number of nitrogens with one attached hydrogen (secondary N) is 1. The lowest BCUT2D eigenvalue weighted by atomic mass is 10.1. The van der Waals surface area contributed by atoms with Crippen molar-refractivity contribution in [3.05, 3.63) is 12.2 Å². The van der Waals surface area contributed by atoms with Crippen molar-refractivity contribution in [1.82, 2.24) is 5.32 Å². The van der Waals surface area contributed by atoms with Gasteiger partial charge in [0.2, 0.25) is 5.91 Å². The van der Waals surface area contributed by atoms with Crippen LogP contribution in [-0.2, 0) is 4.79 Å². The summed E-state index contributed by atoms with van der Waals surface area (Å²) in [6.07, 6.45) is 6.46. The summed E-state index contributed by atoms with van der Waals surface area (Å²) in [5.74, 6) is 2.49. The first kappa shape index (κ1) is 6.88. The molecule has 0 aromatic carbocycles. The minimum atomic E-state index is 0.0255. The van der Waals surface area contributed by atoms with Crippen LogP contribution < -0.4 is 5.32 Å². The summed E-state index contributed by atoms with van der Waals surface area (Å²) < 4.78 is 0. The first-order valence-corrected chi connectivity index (χ1v) is 3.19. The smallest absolute Gasteiger partial charge is 0.220 e. The fourth-order valence-corrected chi connectivity index (χ4v) is 0.976. The molecule has 0 saturated carbocycles. The van der Waals surface area contributed by atoms with Gasteiger partial charge in [0.1, 0.15) is 0 Å². The van der Waals surface area contributed by atoms with E-state index in [1.165, 1.54) is 0 Å². The average Bonchev–Trinajstić information content (AvgIpc) is 2.34. The summed E-state index contributed by atoms with van der Waals surface area (Å²) in [4.78, 5) is 10.7. The Kier molecular flexibility index (Phi) is 1.77. The Balaban J connectivity index is 2.54. The summed E-state index contributed by atoms with van der Waals surface area (Å²) in [6.45, 7) is 3.64. The molecule has 0 bridgehead atoms. The molecular weight excluding hydrogens is 126 g/mol. The van der Waals surface area contributed by atoms with Gasteiger partial charge in [0.25, 0.3) is 0 Å². The molecule has 10 heavy (non-hydrogen) atoms. The normalized spacial score (nSPS) is 23.5. The molecule has 1 saturated heterocycles. The molecule has 1 unspecified atom stereocenters. The zero-order chi connectivity index (χ0) is 7.56. The second-order valence-electron chi connectivity index (χ2n) is 2.33. The van der Waals surface area contributed by atoms with E-state index in [1.54, 1.807) is 0 Å². The lowest BCUT2D eigenvalue weighted by molar-refractivity contribution is -0.119. The topological polar surface area (TPSA) is 29.1 Å². The molecule has 1 rings (SSSR count). The van der Waals surface area contributed by atoms with Crippen LogP contribution in [0.5, 0.6) is 0 Å². The second kappa shape index (κ2) is 2.57. The third-order valence-corrected chi connectivity index (χ3v) is 1.60. The number of amides is 1. The molecule has 52 valence electrons. The van der Waals surface area contributed by atoms with Crippen LogP contribution in [0.25, 0.3) is 0 Å². The minimum Gasteiger partial charge on any atom is -0.349 e. The van der Waals surface area contributed by atoms with E-state index < -0.39 is 0 Å². The average molecular weight is 135 g/mol. The molecule has 1 fully saturated rings. The summed E-state index contributed by atoms with van der Waals surface area (Å²) in [5.41, 5.74) is 0.672. The fraction of sp³-hybridized carbons (Fsp3) is 0.375. The predicted molar refractivity (Wildman–Crippen MR) is 39.1 cm³/mol. The first-order chi connectivity index (χ1) is 4.74. The quantitative estimate of drug-likeness (QED) is 0.520. The van der Waals surface area contributed by atoms with E-state index in [2.05, 4.69) is 17.8 Å². The van der Waals surface area contributed by atoms with Crippen molar-refractivity contribution < 1.29 is 4.79 Å². The van der Waals surface area contributed by atoms with Crippen molar-refractivity contribution in [3.8, 4) is 12.3 Å². The maximum Gasteiger partial charge on any atom is 0.220 e. The molecule has 0 radical (unpaired) electrons. The number of terminal acetylenes is 1. The van der Waals surface area contributed by atoms with Crippen LogP contribution in [0.2, 0.25) is 0 Å². The first-order valence-electron chi connectivity index (χ1n) is 3.19. The molecule has 0 aromatic rings. The van der Waals surface area contributed by atoms with E-state index in [0.29, 0.717) is 12.0 Å². The van der Waals surface area contributed by atoms with Crippen LogP contribution in [0.15, 0.2) is 12.2 Å². The van der Waals surface area contributed by atoms with Crippen molar-refractivity contribution in [3.63, 3.8) is 0 Å². The Morgan fingerprint density at radius 3 is 3.00 bits per heavy atom. The molecular formula is C8H9NO. The van der Waals surface area contributed by atoms with Gasteiger partial charge >= 0.3 is 0 Å². The molecule has 2 nitrogen and oxygen atoms in total. The highest BCUT2D eigenvalue weighted by atomic mass is 16.1. The van der Waals surface area contributed by atoms with Gasteiger partial charge in [-0.05, 0) is 6.42 Å². The molecule has 1 aliphatic rings. The van der Waals surface area contributed by atoms with Crippen LogP contribution >= 0.6 is 0 Å². The lowest BCUT2D eigenvalue weighted by Crippen LogP contribution is -2.26. The standard InChI is InChI=1S/C8H9NO/c1-3-6(2)7-4-5-8(10)9-7/h1,7H,2,4-5H2,(H,9,10). The Morgan fingerprint density at radius 2 is 2.60 bits per heavy atom. The largest absolute Gasteiger partial charge is 0.349 e. The van der Waals surface area contributed by atoms with E-state index in [9.17, 15) is 4.79 Å².